The molecular formula is C9H7BF5KO. The van der Waals surface area contributed by atoms with Crippen molar-refractivity contribution in [2.24, 2.45) is 0 Å². The van der Waals surface area contributed by atoms with Gasteiger partial charge in [-0.15, -0.1) is 12.1 Å². The van der Waals surface area contributed by atoms with Crippen LogP contribution in [0.1, 0.15) is 0 Å². The fourth-order valence-electron chi connectivity index (χ4n) is 0.880. The Hall–Kier alpha value is 0.111. The molecule has 8 heteroatoms. The summed E-state index contributed by atoms with van der Waals surface area (Å²) in [7, 11) is 0. The van der Waals surface area contributed by atoms with E-state index in [1.54, 1.807) is 0 Å². The predicted octanol–water partition coefficient (Wildman–Crippen LogP) is 0.290. The van der Waals surface area contributed by atoms with E-state index in [0.717, 1.165) is 18.2 Å². The van der Waals surface area contributed by atoms with Crippen molar-refractivity contribution in [1.82, 2.24) is 0 Å². The van der Waals surface area contributed by atoms with Gasteiger partial charge in [-0.1, -0.05) is 6.07 Å². The summed E-state index contributed by atoms with van der Waals surface area (Å²) in [5, 5.41) is 0. The van der Waals surface area contributed by atoms with Crippen molar-refractivity contribution in [2.75, 3.05) is 6.61 Å². The average molecular weight is 276 g/mol. The molecule has 88 valence electrons. The van der Waals surface area contributed by atoms with E-state index < -0.39 is 36.4 Å². The number of ether oxygens (including phenoxy) is 1. The Morgan fingerprint density at radius 2 is 1.65 bits per heavy atom. The SMILES string of the molecule is C=C(COc1c(F)cccc1F)[B-](F)(F)F.[K+]. The maximum absolute atomic E-state index is 12.9. The quantitative estimate of drug-likeness (QED) is 0.567. The fraction of sp³-hybridized carbons (Fsp3) is 0.111. The van der Waals surface area contributed by atoms with Gasteiger partial charge in [-0.05, 0) is 12.1 Å². The minimum Gasteiger partial charge on any atom is -0.486 e. The number of benzene rings is 1. The molecule has 0 aromatic heterocycles. The average Bonchev–Trinajstić information content (AvgIpc) is 2.15. The molecule has 1 nitrogen and oxygen atoms in total. The molecule has 0 aliphatic carbocycles. The van der Waals surface area contributed by atoms with Crippen LogP contribution >= 0.6 is 0 Å². The van der Waals surface area contributed by atoms with Crippen LogP contribution in [0.5, 0.6) is 5.75 Å². The van der Waals surface area contributed by atoms with Gasteiger partial charge in [0, 0.05) is 0 Å². The Balaban J connectivity index is 0.00000256. The first kappa shape index (κ1) is 17.1. The van der Waals surface area contributed by atoms with Gasteiger partial charge in [0.05, 0.1) is 6.61 Å². The Morgan fingerprint density at radius 1 is 1.18 bits per heavy atom. The zero-order valence-electron chi connectivity index (χ0n) is 9.02. The molecular weight excluding hydrogens is 269 g/mol. The van der Waals surface area contributed by atoms with Gasteiger partial charge < -0.3 is 17.7 Å². The third-order valence-electron chi connectivity index (χ3n) is 1.78. The molecule has 0 saturated heterocycles. The predicted molar refractivity (Wildman–Crippen MR) is 50.1 cm³/mol. The van der Waals surface area contributed by atoms with Crippen LogP contribution in [0.3, 0.4) is 0 Å². The third kappa shape index (κ3) is 5.09. The molecule has 1 rings (SSSR count). The number of halogens is 5. The molecule has 0 N–H and O–H groups in total. The molecule has 1 aromatic carbocycles. The van der Waals surface area contributed by atoms with Crippen molar-refractivity contribution in [3.05, 3.63) is 41.9 Å². The summed E-state index contributed by atoms with van der Waals surface area (Å²) in [5.74, 6) is -2.94. The van der Waals surface area contributed by atoms with Crippen molar-refractivity contribution in [2.45, 2.75) is 0 Å². The largest absolute Gasteiger partial charge is 1.00 e. The van der Waals surface area contributed by atoms with E-state index in [1.807, 2.05) is 0 Å². The zero-order chi connectivity index (χ0) is 12.3. The standard InChI is InChI=1S/C9H7BF5O.K/c1-6(10(13,14)15)5-16-9-7(11)3-2-4-8(9)12;/h2-4H,1,5H2;/q-1;+1. The van der Waals surface area contributed by atoms with Crippen LogP contribution in [0.15, 0.2) is 30.3 Å². The maximum Gasteiger partial charge on any atom is 1.00 e. The molecule has 0 radical (unpaired) electrons. The molecule has 0 spiro atoms. The summed E-state index contributed by atoms with van der Waals surface area (Å²) in [6, 6.07) is 2.86. The van der Waals surface area contributed by atoms with E-state index in [2.05, 4.69) is 11.3 Å². The summed E-state index contributed by atoms with van der Waals surface area (Å²) in [5.41, 5.74) is -1.15. The minimum absolute atomic E-state index is 0. The van der Waals surface area contributed by atoms with E-state index in [4.69, 9.17) is 0 Å². The summed E-state index contributed by atoms with van der Waals surface area (Å²) >= 11 is 0. The Labute approximate surface area is 138 Å². The molecule has 0 bridgehead atoms. The molecule has 17 heavy (non-hydrogen) atoms. The van der Waals surface area contributed by atoms with Crippen molar-refractivity contribution in [3.8, 4) is 5.75 Å². The van der Waals surface area contributed by atoms with E-state index >= 15 is 0 Å². The van der Waals surface area contributed by atoms with E-state index in [9.17, 15) is 21.7 Å². The van der Waals surface area contributed by atoms with Crippen LogP contribution < -0.4 is 56.1 Å². The molecule has 0 atom stereocenters. The van der Waals surface area contributed by atoms with Crippen molar-refractivity contribution in [1.29, 1.82) is 0 Å². The third-order valence-corrected chi connectivity index (χ3v) is 1.78. The van der Waals surface area contributed by atoms with Crippen LogP contribution in [-0.4, -0.2) is 13.6 Å². The van der Waals surface area contributed by atoms with Crippen LogP contribution in [0, 0.1) is 11.6 Å². The Morgan fingerprint density at radius 3 is 2.06 bits per heavy atom. The number of rotatable bonds is 4. The topological polar surface area (TPSA) is 9.23 Å². The number of para-hydroxylation sites is 1. The molecule has 0 heterocycles. The van der Waals surface area contributed by atoms with Crippen molar-refractivity contribution >= 4 is 6.98 Å². The van der Waals surface area contributed by atoms with E-state index in [-0.39, 0.29) is 51.4 Å². The van der Waals surface area contributed by atoms with Gasteiger partial charge in [0.1, 0.15) is 0 Å². The molecule has 0 fully saturated rings. The van der Waals surface area contributed by atoms with E-state index in [0.29, 0.717) is 0 Å². The number of hydrogen-bond acceptors (Lipinski definition) is 1. The van der Waals surface area contributed by atoms with Gasteiger partial charge in [0.15, 0.2) is 17.4 Å². The zero-order valence-corrected chi connectivity index (χ0v) is 12.1. The van der Waals surface area contributed by atoms with Gasteiger partial charge in [-0.25, -0.2) is 8.78 Å². The number of hydrogen-bond donors (Lipinski definition) is 0. The molecule has 0 aliphatic heterocycles. The Bertz CT molecular complexity index is 387. The van der Waals surface area contributed by atoms with Crippen molar-refractivity contribution < 1.29 is 77.8 Å². The van der Waals surface area contributed by atoms with Crippen LogP contribution in [0.4, 0.5) is 21.7 Å². The first-order valence-electron chi connectivity index (χ1n) is 4.27. The minimum atomic E-state index is -5.26. The second-order valence-electron chi connectivity index (χ2n) is 3.07. The summed E-state index contributed by atoms with van der Waals surface area (Å²) in [4.78, 5) is 0. The molecule has 0 aliphatic rings. The van der Waals surface area contributed by atoms with Crippen LogP contribution in [-0.2, 0) is 0 Å². The first-order chi connectivity index (χ1) is 7.32. The molecule has 1 aromatic rings. The maximum atomic E-state index is 12.9. The molecule has 0 unspecified atom stereocenters. The normalized spacial score (nSPS) is 10.6. The first-order valence-corrected chi connectivity index (χ1v) is 4.27. The van der Waals surface area contributed by atoms with E-state index in [1.165, 1.54) is 0 Å². The van der Waals surface area contributed by atoms with Gasteiger partial charge in [-0.3, -0.25) is 0 Å². The van der Waals surface area contributed by atoms with Crippen LogP contribution in [0.25, 0.3) is 0 Å². The van der Waals surface area contributed by atoms with Gasteiger partial charge in [-0.2, -0.15) is 0 Å². The summed E-state index contributed by atoms with van der Waals surface area (Å²) < 4.78 is 66.4. The molecule has 0 amide bonds. The smallest absolute Gasteiger partial charge is 0.486 e. The van der Waals surface area contributed by atoms with Gasteiger partial charge in [0.25, 0.3) is 0 Å². The molecule has 0 saturated carbocycles. The monoisotopic (exact) mass is 276 g/mol. The van der Waals surface area contributed by atoms with Gasteiger partial charge >= 0.3 is 58.4 Å². The second kappa shape index (κ2) is 6.89. The Kier molecular flexibility index (Phi) is 6.93. The van der Waals surface area contributed by atoms with Crippen LogP contribution in [0.2, 0.25) is 0 Å². The summed E-state index contributed by atoms with van der Waals surface area (Å²) in [6.45, 7) is -3.51. The van der Waals surface area contributed by atoms with Crippen molar-refractivity contribution in [3.63, 3.8) is 0 Å². The summed E-state index contributed by atoms with van der Waals surface area (Å²) in [6.07, 6.45) is 0. The fourth-order valence-corrected chi connectivity index (χ4v) is 0.880. The second-order valence-corrected chi connectivity index (χ2v) is 3.07. The van der Waals surface area contributed by atoms with Gasteiger partial charge in [0.2, 0.25) is 0 Å².